The first-order valence-electron chi connectivity index (χ1n) is 18.3. The number of nitrogens with zero attached hydrogens (tertiary/aromatic N) is 3. The molecule has 0 fully saturated rings. The van der Waals surface area contributed by atoms with Gasteiger partial charge in [0.25, 0.3) is 0 Å². The van der Waals surface area contributed by atoms with Gasteiger partial charge in [-0.15, -0.1) is 0 Å². The first-order chi connectivity index (χ1) is 26.7. The van der Waals surface area contributed by atoms with Gasteiger partial charge in [-0.25, -0.2) is 15.0 Å². The van der Waals surface area contributed by atoms with Crippen LogP contribution >= 0.6 is 0 Å². The number of benzene rings is 8. The molecule has 54 heavy (non-hydrogen) atoms. The van der Waals surface area contributed by atoms with Crippen molar-refractivity contribution in [3.8, 4) is 67.5 Å². The summed E-state index contributed by atoms with van der Waals surface area (Å²) in [4.78, 5) is 15.6. The Morgan fingerprint density at radius 2 is 0.963 bits per heavy atom. The van der Waals surface area contributed by atoms with Crippen LogP contribution in [0, 0.1) is 0 Å². The van der Waals surface area contributed by atoms with Gasteiger partial charge < -0.3 is 4.42 Å². The van der Waals surface area contributed by atoms with Gasteiger partial charge in [-0.3, -0.25) is 0 Å². The lowest BCUT2D eigenvalue weighted by Crippen LogP contribution is -2.01. The smallest absolute Gasteiger partial charge is 0.164 e. The highest BCUT2D eigenvalue weighted by Gasteiger charge is 2.23. The molecule has 0 N–H and O–H groups in total. The van der Waals surface area contributed by atoms with Crippen molar-refractivity contribution in [2.45, 2.75) is 6.42 Å². The fourth-order valence-electron chi connectivity index (χ4n) is 8.17. The minimum absolute atomic E-state index is 0.591. The van der Waals surface area contributed by atoms with Gasteiger partial charge in [-0.2, -0.15) is 0 Å². The van der Waals surface area contributed by atoms with E-state index in [4.69, 9.17) is 19.4 Å². The van der Waals surface area contributed by atoms with Crippen LogP contribution in [0.1, 0.15) is 11.1 Å². The van der Waals surface area contributed by atoms with E-state index in [9.17, 15) is 0 Å². The van der Waals surface area contributed by atoms with Crippen molar-refractivity contribution in [1.82, 2.24) is 15.0 Å². The lowest BCUT2D eigenvalue weighted by atomic mass is 9.90. The second kappa shape index (κ2) is 12.2. The lowest BCUT2D eigenvalue weighted by molar-refractivity contribution is 0.669. The number of para-hydroxylation sites is 1. The largest absolute Gasteiger partial charge is 0.456 e. The van der Waals surface area contributed by atoms with E-state index in [1.54, 1.807) is 0 Å². The summed E-state index contributed by atoms with van der Waals surface area (Å²) in [6, 6.07) is 61.8. The topological polar surface area (TPSA) is 51.8 Å². The van der Waals surface area contributed by atoms with Crippen LogP contribution in [-0.4, -0.2) is 15.0 Å². The maximum atomic E-state index is 6.31. The van der Waals surface area contributed by atoms with E-state index in [2.05, 4.69) is 152 Å². The fraction of sp³-hybridized carbons (Fsp3) is 0.0200. The molecule has 8 aromatic carbocycles. The molecule has 0 aliphatic heterocycles. The predicted octanol–water partition coefficient (Wildman–Crippen LogP) is 12.8. The average Bonchev–Trinajstić information content (AvgIpc) is 3.82. The zero-order chi connectivity index (χ0) is 35.6. The Kier molecular flexibility index (Phi) is 6.89. The third-order valence-corrected chi connectivity index (χ3v) is 10.8. The molecule has 252 valence electrons. The van der Waals surface area contributed by atoms with Crippen LogP contribution in [0.4, 0.5) is 0 Å². The van der Waals surface area contributed by atoms with E-state index in [1.165, 1.54) is 38.8 Å². The van der Waals surface area contributed by atoms with Crippen LogP contribution in [-0.2, 0) is 6.42 Å². The summed E-state index contributed by atoms with van der Waals surface area (Å²) in [5.41, 5.74) is 14.4. The Morgan fingerprint density at radius 1 is 0.352 bits per heavy atom. The molecular formula is C50H31N3O. The maximum Gasteiger partial charge on any atom is 0.164 e. The number of hydrogen-bond acceptors (Lipinski definition) is 4. The van der Waals surface area contributed by atoms with E-state index < -0.39 is 0 Å². The van der Waals surface area contributed by atoms with E-state index in [0.29, 0.717) is 17.5 Å². The monoisotopic (exact) mass is 689 g/mol. The molecule has 0 bridgehead atoms. The summed E-state index contributed by atoms with van der Waals surface area (Å²) in [6.45, 7) is 0. The zero-order valence-electron chi connectivity index (χ0n) is 29.2. The maximum absolute atomic E-state index is 6.31. The molecule has 11 rings (SSSR count). The Labute approximate surface area is 312 Å². The van der Waals surface area contributed by atoms with Crippen molar-refractivity contribution in [3.05, 3.63) is 187 Å². The zero-order valence-corrected chi connectivity index (χ0v) is 29.2. The van der Waals surface area contributed by atoms with Crippen molar-refractivity contribution in [2.75, 3.05) is 0 Å². The van der Waals surface area contributed by atoms with Gasteiger partial charge in [0.05, 0.1) is 0 Å². The molecule has 1 aliphatic carbocycles. The summed E-state index contributed by atoms with van der Waals surface area (Å²) < 4.78 is 6.31. The van der Waals surface area contributed by atoms with Crippen molar-refractivity contribution in [3.63, 3.8) is 0 Å². The van der Waals surface area contributed by atoms with Crippen LogP contribution in [0.3, 0.4) is 0 Å². The molecule has 0 unspecified atom stereocenters. The van der Waals surface area contributed by atoms with E-state index in [-0.39, 0.29) is 0 Å². The summed E-state index contributed by atoms with van der Waals surface area (Å²) >= 11 is 0. The summed E-state index contributed by atoms with van der Waals surface area (Å²) in [5, 5.41) is 4.49. The predicted molar refractivity (Wildman–Crippen MR) is 220 cm³/mol. The summed E-state index contributed by atoms with van der Waals surface area (Å²) in [5.74, 6) is 1.82. The third-order valence-electron chi connectivity index (χ3n) is 10.8. The van der Waals surface area contributed by atoms with Gasteiger partial charge >= 0.3 is 0 Å². The molecule has 0 radical (unpaired) electrons. The minimum atomic E-state index is 0.591. The number of furan rings is 1. The molecular weight excluding hydrogens is 659 g/mol. The van der Waals surface area contributed by atoms with Crippen LogP contribution in [0.5, 0.6) is 0 Å². The molecule has 0 saturated carbocycles. The lowest BCUT2D eigenvalue weighted by Gasteiger charge is -2.15. The van der Waals surface area contributed by atoms with Gasteiger partial charge in [0.15, 0.2) is 17.5 Å². The molecule has 0 saturated heterocycles. The quantitative estimate of drug-likeness (QED) is 0.180. The summed E-state index contributed by atoms with van der Waals surface area (Å²) in [7, 11) is 0. The number of aromatic nitrogens is 3. The van der Waals surface area contributed by atoms with Gasteiger partial charge in [0.2, 0.25) is 0 Å². The standard InChI is InChI=1S/C50H31N3O/c1-2-12-31(13-3-1)32-16-10-17-35(26-32)48-51-49(36-24-25-43-42-20-8-9-23-46(42)54-47(43)30-36)53-50(52-48)37-27-33-14-4-7-19-39(33)44(29-37)41-22-11-21-40-38-18-6-5-15-34(38)28-45(40)41/h1-27,29-30H,28H2. The van der Waals surface area contributed by atoms with E-state index >= 15 is 0 Å². The Balaban J connectivity index is 1.12. The van der Waals surface area contributed by atoms with Gasteiger partial charge in [-0.05, 0) is 98.1 Å². The Bertz CT molecular complexity index is 3090. The highest BCUT2D eigenvalue weighted by molar-refractivity contribution is 6.06. The van der Waals surface area contributed by atoms with Gasteiger partial charge in [0.1, 0.15) is 11.2 Å². The van der Waals surface area contributed by atoms with Gasteiger partial charge in [0, 0.05) is 27.5 Å². The number of hydrogen-bond donors (Lipinski definition) is 0. The first kappa shape index (κ1) is 30.5. The normalized spacial score (nSPS) is 12.0. The second-order valence-corrected chi connectivity index (χ2v) is 14.0. The molecule has 1 aliphatic rings. The van der Waals surface area contributed by atoms with E-state index in [1.807, 2.05) is 24.3 Å². The molecule has 10 aromatic rings. The van der Waals surface area contributed by atoms with Gasteiger partial charge in [-0.1, -0.05) is 140 Å². The molecule has 2 aromatic heterocycles. The highest BCUT2D eigenvalue weighted by atomic mass is 16.3. The van der Waals surface area contributed by atoms with Crippen molar-refractivity contribution >= 4 is 32.7 Å². The molecule has 4 heteroatoms. The highest BCUT2D eigenvalue weighted by Crippen LogP contribution is 2.44. The minimum Gasteiger partial charge on any atom is -0.456 e. The molecule has 0 atom stereocenters. The molecule has 4 nitrogen and oxygen atoms in total. The molecule has 0 amide bonds. The first-order valence-corrected chi connectivity index (χ1v) is 18.3. The Hall–Kier alpha value is -7.17. The number of fused-ring (bicyclic) bond motifs is 7. The van der Waals surface area contributed by atoms with Crippen LogP contribution in [0.25, 0.3) is 100 Å². The van der Waals surface area contributed by atoms with Crippen LogP contribution in [0.2, 0.25) is 0 Å². The molecule has 2 heterocycles. The van der Waals surface area contributed by atoms with E-state index in [0.717, 1.165) is 61.6 Å². The SMILES string of the molecule is c1ccc(-c2cccc(-c3nc(-c4cc(-c5cccc6c5Cc5ccccc5-6)c5ccccc5c4)nc(-c4ccc5c(c4)oc4ccccc45)n3)c2)cc1. The van der Waals surface area contributed by atoms with Crippen LogP contribution < -0.4 is 0 Å². The van der Waals surface area contributed by atoms with Crippen LogP contribution in [0.15, 0.2) is 180 Å². The average molecular weight is 690 g/mol. The second-order valence-electron chi connectivity index (χ2n) is 14.0. The Morgan fingerprint density at radius 3 is 1.83 bits per heavy atom. The third kappa shape index (κ3) is 5.03. The summed E-state index contributed by atoms with van der Waals surface area (Å²) in [6.07, 6.45) is 0.905. The van der Waals surface area contributed by atoms with Crippen molar-refractivity contribution in [2.24, 2.45) is 0 Å². The fourth-order valence-corrected chi connectivity index (χ4v) is 8.17. The van der Waals surface area contributed by atoms with Crippen molar-refractivity contribution in [1.29, 1.82) is 0 Å². The molecule has 0 spiro atoms. The van der Waals surface area contributed by atoms with Crippen molar-refractivity contribution < 1.29 is 4.42 Å². The number of rotatable bonds is 5.